The van der Waals surface area contributed by atoms with Crippen molar-refractivity contribution in [1.82, 2.24) is 14.5 Å². The Morgan fingerprint density at radius 1 is 1.09 bits per heavy atom. The molecule has 1 aliphatic heterocycles. The van der Waals surface area contributed by atoms with Gasteiger partial charge in [-0.2, -0.15) is 0 Å². The third-order valence-corrected chi connectivity index (χ3v) is 6.48. The van der Waals surface area contributed by atoms with Crippen molar-refractivity contribution in [2.45, 2.75) is 19.6 Å². The number of carbonyl (C=O) groups excluding carboxylic acids is 1. The first-order valence-corrected chi connectivity index (χ1v) is 11.4. The number of aromatic nitrogens is 2. The van der Waals surface area contributed by atoms with Crippen molar-refractivity contribution in [3.05, 3.63) is 85.9 Å². The van der Waals surface area contributed by atoms with Crippen LogP contribution < -0.4 is 30.8 Å². The molecule has 1 N–H and O–H groups in total. The molecule has 2 aromatic heterocycles. The first kappa shape index (κ1) is 21.8. The average molecular weight is 480 g/mol. The number of amides is 1. The number of hydrogen-bond acceptors (Lipinski definition) is 7. The zero-order valence-corrected chi connectivity index (χ0v) is 19.1. The molecule has 0 saturated carbocycles. The van der Waals surface area contributed by atoms with Crippen molar-refractivity contribution < 1.29 is 19.0 Å². The monoisotopic (exact) mass is 479 g/mol. The molecule has 1 aliphatic rings. The Balaban J connectivity index is 1.43. The van der Waals surface area contributed by atoms with Crippen LogP contribution in [0.1, 0.15) is 11.1 Å². The molecule has 5 rings (SSSR count). The Hall–Kier alpha value is -4.05. The standard InChI is InChI=1S/C24H21N3O6S/c1-31-18-5-3-2-4-16(18)11-25-21(28)13-26-17-8-9-34-22(17)23(29)27(24(26)30)12-15-6-7-19-20(10-15)33-14-32-19/h2-10H,11-14H2,1H3,(H,25,28). The lowest BCUT2D eigenvalue weighted by Gasteiger charge is -2.13. The summed E-state index contributed by atoms with van der Waals surface area (Å²) in [6.45, 7) is 0.214. The van der Waals surface area contributed by atoms with E-state index in [1.165, 1.54) is 15.9 Å². The third kappa shape index (κ3) is 4.03. The summed E-state index contributed by atoms with van der Waals surface area (Å²) in [7, 11) is 1.57. The molecule has 0 spiro atoms. The lowest BCUT2D eigenvalue weighted by molar-refractivity contribution is -0.121. The lowest BCUT2D eigenvalue weighted by Crippen LogP contribution is -2.42. The number of methoxy groups -OCH3 is 1. The van der Waals surface area contributed by atoms with E-state index in [1.54, 1.807) is 36.8 Å². The van der Waals surface area contributed by atoms with Gasteiger partial charge in [0, 0.05) is 12.1 Å². The SMILES string of the molecule is COc1ccccc1CNC(=O)Cn1c(=O)n(Cc2ccc3c(c2)OCO3)c(=O)c2sccc21. The molecule has 9 nitrogen and oxygen atoms in total. The highest BCUT2D eigenvalue weighted by Gasteiger charge is 2.19. The average Bonchev–Trinajstić information content (AvgIpc) is 3.53. The molecule has 10 heteroatoms. The maximum atomic E-state index is 13.3. The number of fused-ring (bicyclic) bond motifs is 2. The van der Waals surface area contributed by atoms with E-state index in [4.69, 9.17) is 14.2 Å². The molecule has 34 heavy (non-hydrogen) atoms. The van der Waals surface area contributed by atoms with Crippen molar-refractivity contribution in [2.24, 2.45) is 0 Å². The van der Waals surface area contributed by atoms with Gasteiger partial charge in [0.25, 0.3) is 5.56 Å². The van der Waals surface area contributed by atoms with Crippen LogP contribution in [-0.2, 0) is 24.4 Å². The van der Waals surface area contributed by atoms with Crippen LogP contribution in [0, 0.1) is 0 Å². The molecule has 0 fully saturated rings. The Kier molecular flexibility index (Phi) is 5.81. The van der Waals surface area contributed by atoms with E-state index in [0.29, 0.717) is 33.0 Å². The van der Waals surface area contributed by atoms with Crippen LogP contribution in [-0.4, -0.2) is 28.9 Å². The number of nitrogens with zero attached hydrogens (tertiary/aromatic N) is 2. The second kappa shape index (κ2) is 9.06. The van der Waals surface area contributed by atoms with Gasteiger partial charge < -0.3 is 19.5 Å². The highest BCUT2D eigenvalue weighted by Crippen LogP contribution is 2.32. The number of carbonyl (C=O) groups is 1. The molecule has 0 bridgehead atoms. The Morgan fingerprint density at radius 3 is 2.76 bits per heavy atom. The summed E-state index contributed by atoms with van der Waals surface area (Å²) in [4.78, 5) is 39.1. The van der Waals surface area contributed by atoms with Gasteiger partial charge in [-0.1, -0.05) is 24.3 Å². The van der Waals surface area contributed by atoms with E-state index < -0.39 is 11.2 Å². The minimum absolute atomic E-state index is 0.0466. The summed E-state index contributed by atoms with van der Waals surface area (Å²) in [5, 5.41) is 4.56. The second-order valence-electron chi connectivity index (χ2n) is 7.67. The fraction of sp³-hybridized carbons (Fsp3) is 0.208. The molecule has 2 aromatic carbocycles. The molecule has 0 unspecified atom stereocenters. The van der Waals surface area contributed by atoms with Gasteiger partial charge in [-0.25, -0.2) is 4.79 Å². The van der Waals surface area contributed by atoms with E-state index in [2.05, 4.69) is 5.32 Å². The summed E-state index contributed by atoms with van der Waals surface area (Å²) < 4.78 is 18.9. The quantitative estimate of drug-likeness (QED) is 0.437. The van der Waals surface area contributed by atoms with Crippen LogP contribution in [0.2, 0.25) is 0 Å². The molecule has 0 aliphatic carbocycles. The molecule has 4 aromatic rings. The van der Waals surface area contributed by atoms with Crippen LogP contribution in [0.15, 0.2) is 63.5 Å². The normalized spacial score (nSPS) is 12.1. The molecule has 0 saturated heterocycles. The summed E-state index contributed by atoms with van der Waals surface area (Å²) in [5.74, 6) is 1.50. The molecule has 174 valence electrons. The van der Waals surface area contributed by atoms with Gasteiger partial charge in [-0.05, 0) is 35.2 Å². The van der Waals surface area contributed by atoms with E-state index in [0.717, 1.165) is 10.1 Å². The Labute approximate surface area is 197 Å². The van der Waals surface area contributed by atoms with Gasteiger partial charge in [0.2, 0.25) is 12.7 Å². The summed E-state index contributed by atoms with van der Waals surface area (Å²) in [6.07, 6.45) is 0. The molecular formula is C24H21N3O6S. The van der Waals surface area contributed by atoms with E-state index in [-0.39, 0.29) is 32.3 Å². The summed E-state index contributed by atoms with van der Waals surface area (Å²) in [6, 6.07) is 14.3. The predicted molar refractivity (Wildman–Crippen MR) is 127 cm³/mol. The number of ether oxygens (including phenoxy) is 3. The van der Waals surface area contributed by atoms with Gasteiger partial charge in [0.05, 0.1) is 19.2 Å². The van der Waals surface area contributed by atoms with Crippen molar-refractivity contribution >= 4 is 27.5 Å². The summed E-state index contributed by atoms with van der Waals surface area (Å²) >= 11 is 1.24. The van der Waals surface area contributed by atoms with Crippen molar-refractivity contribution in [2.75, 3.05) is 13.9 Å². The van der Waals surface area contributed by atoms with Gasteiger partial charge in [-0.15, -0.1) is 11.3 Å². The highest BCUT2D eigenvalue weighted by molar-refractivity contribution is 7.17. The Morgan fingerprint density at radius 2 is 1.91 bits per heavy atom. The van der Waals surface area contributed by atoms with Crippen LogP contribution in [0.25, 0.3) is 10.2 Å². The molecule has 0 atom stereocenters. The third-order valence-electron chi connectivity index (χ3n) is 5.58. The van der Waals surface area contributed by atoms with Crippen molar-refractivity contribution in [3.63, 3.8) is 0 Å². The number of thiophene rings is 1. The number of para-hydroxylation sites is 1. The lowest BCUT2D eigenvalue weighted by atomic mass is 10.2. The molecule has 1 amide bonds. The number of nitrogens with one attached hydrogen (secondary N) is 1. The van der Waals surface area contributed by atoms with Gasteiger partial charge in [0.15, 0.2) is 11.5 Å². The van der Waals surface area contributed by atoms with E-state index in [9.17, 15) is 14.4 Å². The fourth-order valence-electron chi connectivity index (χ4n) is 3.89. The highest BCUT2D eigenvalue weighted by atomic mass is 32.1. The molecule has 0 radical (unpaired) electrons. The van der Waals surface area contributed by atoms with Crippen molar-refractivity contribution in [1.29, 1.82) is 0 Å². The largest absolute Gasteiger partial charge is 0.496 e. The Bertz CT molecular complexity index is 1500. The van der Waals surface area contributed by atoms with Gasteiger partial charge in [0.1, 0.15) is 17.0 Å². The van der Waals surface area contributed by atoms with Crippen molar-refractivity contribution in [3.8, 4) is 17.2 Å². The number of hydrogen-bond donors (Lipinski definition) is 1. The number of benzene rings is 2. The number of rotatable bonds is 7. The fourth-order valence-corrected chi connectivity index (χ4v) is 4.73. The van der Waals surface area contributed by atoms with Crippen LogP contribution in [0.4, 0.5) is 0 Å². The van der Waals surface area contributed by atoms with E-state index >= 15 is 0 Å². The van der Waals surface area contributed by atoms with E-state index in [1.807, 2.05) is 24.3 Å². The van der Waals surface area contributed by atoms with Crippen LogP contribution in [0.5, 0.6) is 17.2 Å². The first-order valence-electron chi connectivity index (χ1n) is 10.5. The molecular weight excluding hydrogens is 458 g/mol. The van der Waals surface area contributed by atoms with Gasteiger partial charge >= 0.3 is 5.69 Å². The molecule has 3 heterocycles. The van der Waals surface area contributed by atoms with Crippen LogP contribution in [0.3, 0.4) is 0 Å². The maximum absolute atomic E-state index is 13.3. The second-order valence-corrected chi connectivity index (χ2v) is 8.59. The zero-order chi connectivity index (χ0) is 23.7. The van der Waals surface area contributed by atoms with Gasteiger partial charge in [-0.3, -0.25) is 18.7 Å². The predicted octanol–water partition coefficient (Wildman–Crippen LogP) is 2.33. The summed E-state index contributed by atoms with van der Waals surface area (Å²) in [5.41, 5.74) is 1.03. The minimum atomic E-state index is -0.555. The minimum Gasteiger partial charge on any atom is -0.496 e. The zero-order valence-electron chi connectivity index (χ0n) is 18.3. The first-order chi connectivity index (χ1) is 16.5. The van der Waals surface area contributed by atoms with Crippen LogP contribution >= 0.6 is 11.3 Å². The topological polar surface area (TPSA) is 101 Å². The smallest absolute Gasteiger partial charge is 0.332 e. The maximum Gasteiger partial charge on any atom is 0.332 e.